The van der Waals surface area contributed by atoms with E-state index in [0.29, 0.717) is 19.6 Å². The molecule has 2 atom stereocenters. The number of likely N-dealkylation sites (tertiary alicyclic amines) is 1. The molecule has 2 aliphatic rings. The molecule has 1 heterocycles. The lowest BCUT2D eigenvalue weighted by atomic mass is 9.98. The largest absolute Gasteiger partial charge is 0.481 e. The SMILES string of the molecule is CCOC(CNC(=O)OCC1c2ccccc2-c2ccccc21)CC(=O)N1CCCC1CC(=O)O. The molecule has 1 saturated heterocycles. The van der Waals surface area contributed by atoms with Crippen molar-refractivity contribution in [2.45, 2.75) is 50.7 Å². The van der Waals surface area contributed by atoms with Crippen LogP contribution < -0.4 is 5.32 Å². The summed E-state index contributed by atoms with van der Waals surface area (Å²) in [6, 6.07) is 16.0. The normalized spacial score (nSPS) is 17.5. The van der Waals surface area contributed by atoms with Gasteiger partial charge in [-0.1, -0.05) is 48.5 Å². The minimum atomic E-state index is -0.909. The van der Waals surface area contributed by atoms with Crippen LogP contribution in [0.4, 0.5) is 4.79 Å². The highest BCUT2D eigenvalue weighted by Crippen LogP contribution is 2.44. The number of hydrogen-bond donors (Lipinski definition) is 2. The molecule has 0 radical (unpaired) electrons. The zero-order chi connectivity index (χ0) is 24.8. The molecular formula is C27H32N2O6. The van der Waals surface area contributed by atoms with E-state index in [0.717, 1.165) is 28.7 Å². The number of rotatable bonds is 10. The Balaban J connectivity index is 1.30. The predicted octanol–water partition coefficient (Wildman–Crippen LogP) is 3.79. The van der Waals surface area contributed by atoms with Gasteiger partial charge in [0.15, 0.2) is 0 Å². The molecule has 0 saturated carbocycles. The van der Waals surface area contributed by atoms with Crippen LogP contribution in [0, 0.1) is 0 Å². The van der Waals surface area contributed by atoms with Crippen LogP contribution in [0.2, 0.25) is 0 Å². The first kappa shape index (κ1) is 24.7. The summed E-state index contributed by atoms with van der Waals surface area (Å²) >= 11 is 0. The smallest absolute Gasteiger partial charge is 0.407 e. The second-order valence-corrected chi connectivity index (χ2v) is 8.97. The Hall–Kier alpha value is -3.39. The van der Waals surface area contributed by atoms with E-state index < -0.39 is 18.2 Å². The molecule has 2 amide bonds. The molecule has 0 aromatic heterocycles. The quantitative estimate of drug-likeness (QED) is 0.536. The van der Waals surface area contributed by atoms with Gasteiger partial charge >= 0.3 is 12.1 Å². The third-order valence-electron chi connectivity index (χ3n) is 6.73. The molecule has 0 spiro atoms. The van der Waals surface area contributed by atoms with Crippen LogP contribution in [-0.4, -0.2) is 66.4 Å². The van der Waals surface area contributed by atoms with Crippen molar-refractivity contribution < 1.29 is 29.0 Å². The van der Waals surface area contributed by atoms with E-state index in [4.69, 9.17) is 14.6 Å². The Morgan fingerprint density at radius 2 is 1.74 bits per heavy atom. The third kappa shape index (κ3) is 5.82. The van der Waals surface area contributed by atoms with Gasteiger partial charge in [0, 0.05) is 31.7 Å². The van der Waals surface area contributed by atoms with E-state index in [9.17, 15) is 14.4 Å². The van der Waals surface area contributed by atoms with Gasteiger partial charge in [-0.05, 0) is 42.0 Å². The first-order valence-electron chi connectivity index (χ1n) is 12.2. The molecule has 1 aliphatic heterocycles. The van der Waals surface area contributed by atoms with Crippen molar-refractivity contribution in [1.82, 2.24) is 10.2 Å². The summed E-state index contributed by atoms with van der Waals surface area (Å²) in [6.07, 6.45) is 0.431. The lowest BCUT2D eigenvalue weighted by molar-refractivity contribution is -0.140. The average molecular weight is 481 g/mol. The minimum absolute atomic E-state index is 0.0289. The van der Waals surface area contributed by atoms with Crippen molar-refractivity contribution in [3.63, 3.8) is 0 Å². The number of alkyl carbamates (subject to hydrolysis) is 1. The van der Waals surface area contributed by atoms with Crippen molar-refractivity contribution in [3.05, 3.63) is 59.7 Å². The van der Waals surface area contributed by atoms with Crippen LogP contribution in [0.3, 0.4) is 0 Å². The number of hydrogen-bond acceptors (Lipinski definition) is 5. The summed E-state index contributed by atoms with van der Waals surface area (Å²) < 4.78 is 11.2. The van der Waals surface area contributed by atoms with Crippen LogP contribution in [0.25, 0.3) is 11.1 Å². The molecule has 1 fully saturated rings. The van der Waals surface area contributed by atoms with Crippen LogP contribution in [0.1, 0.15) is 49.7 Å². The number of carboxylic acids is 1. The van der Waals surface area contributed by atoms with Gasteiger partial charge in [-0.15, -0.1) is 0 Å². The summed E-state index contributed by atoms with van der Waals surface area (Å²) in [7, 11) is 0. The molecule has 186 valence electrons. The molecule has 35 heavy (non-hydrogen) atoms. The van der Waals surface area contributed by atoms with Gasteiger partial charge in [0.2, 0.25) is 5.91 Å². The number of aliphatic carboxylic acids is 1. The summed E-state index contributed by atoms with van der Waals surface area (Å²) in [5.41, 5.74) is 4.60. The van der Waals surface area contributed by atoms with Gasteiger partial charge in [-0.3, -0.25) is 9.59 Å². The van der Waals surface area contributed by atoms with E-state index in [1.807, 2.05) is 31.2 Å². The highest BCUT2D eigenvalue weighted by Gasteiger charge is 2.32. The Kier molecular flexibility index (Phi) is 8.02. The topological polar surface area (TPSA) is 105 Å². The summed E-state index contributed by atoms with van der Waals surface area (Å²) in [6.45, 7) is 3.11. The molecular weight excluding hydrogens is 448 g/mol. The van der Waals surface area contributed by atoms with Gasteiger partial charge in [-0.2, -0.15) is 0 Å². The maximum Gasteiger partial charge on any atom is 0.407 e. The zero-order valence-corrected chi connectivity index (χ0v) is 19.9. The maximum atomic E-state index is 12.8. The van der Waals surface area contributed by atoms with Crippen LogP contribution >= 0.6 is 0 Å². The molecule has 4 rings (SSSR count). The van der Waals surface area contributed by atoms with E-state index in [1.165, 1.54) is 0 Å². The average Bonchev–Trinajstić information content (AvgIpc) is 3.43. The van der Waals surface area contributed by atoms with Gasteiger partial charge in [0.1, 0.15) is 6.61 Å². The van der Waals surface area contributed by atoms with Gasteiger partial charge in [0.25, 0.3) is 0 Å². The fourth-order valence-electron chi connectivity index (χ4n) is 5.16. The first-order chi connectivity index (χ1) is 17.0. The number of ether oxygens (including phenoxy) is 2. The Morgan fingerprint density at radius 1 is 1.09 bits per heavy atom. The second-order valence-electron chi connectivity index (χ2n) is 8.97. The molecule has 2 N–H and O–H groups in total. The lowest BCUT2D eigenvalue weighted by Crippen LogP contribution is -2.42. The van der Waals surface area contributed by atoms with Crippen molar-refractivity contribution in [3.8, 4) is 11.1 Å². The number of nitrogens with one attached hydrogen (secondary N) is 1. The van der Waals surface area contributed by atoms with Gasteiger partial charge < -0.3 is 24.8 Å². The number of fused-ring (bicyclic) bond motifs is 3. The number of amides is 2. The minimum Gasteiger partial charge on any atom is -0.481 e. The van der Waals surface area contributed by atoms with Crippen LogP contribution in [0.15, 0.2) is 48.5 Å². The van der Waals surface area contributed by atoms with E-state index in [1.54, 1.807) is 4.90 Å². The Morgan fingerprint density at radius 3 is 2.37 bits per heavy atom. The summed E-state index contributed by atoms with van der Waals surface area (Å²) in [5, 5.41) is 11.8. The van der Waals surface area contributed by atoms with Crippen LogP contribution in [-0.2, 0) is 19.1 Å². The Labute approximate surface area is 205 Å². The lowest BCUT2D eigenvalue weighted by Gasteiger charge is -2.26. The summed E-state index contributed by atoms with van der Waals surface area (Å²) in [4.78, 5) is 38.0. The molecule has 8 nitrogen and oxygen atoms in total. The van der Waals surface area contributed by atoms with Gasteiger partial charge in [-0.25, -0.2) is 4.79 Å². The highest BCUT2D eigenvalue weighted by atomic mass is 16.5. The molecule has 0 bridgehead atoms. The molecule has 8 heteroatoms. The van der Waals surface area contributed by atoms with E-state index in [2.05, 4.69) is 29.6 Å². The first-order valence-corrected chi connectivity index (χ1v) is 12.2. The predicted molar refractivity (Wildman–Crippen MR) is 130 cm³/mol. The van der Waals surface area contributed by atoms with Crippen molar-refractivity contribution in [2.24, 2.45) is 0 Å². The van der Waals surface area contributed by atoms with Crippen molar-refractivity contribution in [2.75, 3.05) is 26.3 Å². The second kappa shape index (κ2) is 11.4. The number of nitrogens with zero attached hydrogens (tertiary/aromatic N) is 1. The zero-order valence-electron chi connectivity index (χ0n) is 19.9. The molecule has 2 aromatic rings. The fourth-order valence-corrected chi connectivity index (χ4v) is 5.16. The van der Waals surface area contributed by atoms with Crippen molar-refractivity contribution >= 4 is 18.0 Å². The Bertz CT molecular complexity index is 1030. The molecule has 2 aromatic carbocycles. The maximum absolute atomic E-state index is 12.8. The molecule has 1 aliphatic carbocycles. The number of benzene rings is 2. The fraction of sp³-hybridized carbons (Fsp3) is 0.444. The number of carbonyl (C=O) groups excluding carboxylic acids is 2. The monoisotopic (exact) mass is 480 g/mol. The highest BCUT2D eigenvalue weighted by molar-refractivity contribution is 5.80. The summed E-state index contributed by atoms with van der Waals surface area (Å²) in [5.74, 6) is -1.09. The van der Waals surface area contributed by atoms with Gasteiger partial charge in [0.05, 0.1) is 18.9 Å². The van der Waals surface area contributed by atoms with E-state index in [-0.39, 0.29) is 43.9 Å². The van der Waals surface area contributed by atoms with E-state index >= 15 is 0 Å². The third-order valence-corrected chi connectivity index (χ3v) is 6.73. The number of carboxylic acid groups (broad SMARTS) is 1. The van der Waals surface area contributed by atoms with Crippen molar-refractivity contribution in [1.29, 1.82) is 0 Å². The molecule has 2 unspecified atom stereocenters. The standard InChI is InChI=1S/C27H32N2O6/c1-2-34-19(15-25(30)29-13-7-8-18(29)14-26(31)32)16-28-27(33)35-17-24-22-11-5-3-9-20(22)21-10-4-6-12-23(21)24/h3-6,9-12,18-19,24H,2,7-8,13-17H2,1H3,(H,28,33)(H,31,32). The van der Waals surface area contributed by atoms with Crippen LogP contribution in [0.5, 0.6) is 0 Å². The number of carbonyl (C=O) groups is 3.